The molecule has 1 aliphatic heterocycles. The summed E-state index contributed by atoms with van der Waals surface area (Å²) < 4.78 is 11.7. The van der Waals surface area contributed by atoms with E-state index < -0.39 is 0 Å². The van der Waals surface area contributed by atoms with Crippen LogP contribution >= 0.6 is 0 Å². The van der Waals surface area contributed by atoms with E-state index in [-0.39, 0.29) is 6.10 Å². The topological polar surface area (TPSA) is 19.1 Å². The van der Waals surface area contributed by atoms with Crippen LogP contribution in [0.4, 0.5) is 0 Å². The van der Waals surface area contributed by atoms with E-state index in [9.17, 15) is 0 Å². The minimum Gasteiger partial charge on any atom is -0.489 e. The molecule has 39 heavy (non-hydrogen) atoms. The van der Waals surface area contributed by atoms with E-state index in [1.807, 2.05) is 0 Å². The van der Waals surface area contributed by atoms with Gasteiger partial charge in [-0.3, -0.25) is 0 Å². The Morgan fingerprint density at radius 1 is 0.590 bits per heavy atom. The van der Waals surface area contributed by atoms with Crippen molar-refractivity contribution in [3.8, 4) is 11.4 Å². The minimum atomic E-state index is 0.238. The predicted molar refractivity (Wildman–Crippen MR) is 160 cm³/mol. The lowest BCUT2D eigenvalue weighted by Gasteiger charge is -2.33. The molecule has 1 aliphatic carbocycles. The first-order valence-corrected chi connectivity index (χ1v) is 14.1. The van der Waals surface area contributed by atoms with E-state index in [0.717, 1.165) is 25.0 Å². The summed E-state index contributed by atoms with van der Waals surface area (Å²) in [7, 11) is 0. The minimum absolute atomic E-state index is 0.238. The highest BCUT2D eigenvalue weighted by Crippen LogP contribution is 2.50. The summed E-state index contributed by atoms with van der Waals surface area (Å²) in [5, 5.41) is 5.33. The molecule has 3 nitrogen and oxygen atoms in total. The third-order valence-corrected chi connectivity index (χ3v) is 9.25. The molecule has 0 N–H and O–H groups in total. The van der Waals surface area contributed by atoms with Gasteiger partial charge in [-0.05, 0) is 49.2 Å². The van der Waals surface area contributed by atoms with Gasteiger partial charge in [-0.1, -0.05) is 78.9 Å². The largest absolute Gasteiger partial charge is 0.489 e. The Balaban J connectivity index is 1.33. The van der Waals surface area contributed by atoms with Gasteiger partial charge in [0, 0.05) is 56.7 Å². The highest BCUT2D eigenvalue weighted by atomic mass is 16.5. The molecule has 2 aliphatic rings. The van der Waals surface area contributed by atoms with Gasteiger partial charge in [-0.2, -0.15) is 0 Å². The van der Waals surface area contributed by atoms with Crippen molar-refractivity contribution in [1.82, 2.24) is 9.13 Å². The molecule has 0 amide bonds. The zero-order valence-electron chi connectivity index (χ0n) is 21.6. The van der Waals surface area contributed by atoms with Crippen LogP contribution in [0.3, 0.4) is 0 Å². The van der Waals surface area contributed by atoms with Crippen molar-refractivity contribution in [2.45, 2.75) is 37.3 Å². The second-order valence-corrected chi connectivity index (χ2v) is 11.2. The van der Waals surface area contributed by atoms with Crippen LogP contribution in [0.5, 0.6) is 5.75 Å². The van der Waals surface area contributed by atoms with E-state index in [4.69, 9.17) is 4.74 Å². The van der Waals surface area contributed by atoms with Gasteiger partial charge in [0.2, 0.25) is 0 Å². The molecular formula is C36H28N2O. The van der Waals surface area contributed by atoms with Gasteiger partial charge in [0.15, 0.2) is 0 Å². The van der Waals surface area contributed by atoms with Gasteiger partial charge in [0.25, 0.3) is 0 Å². The monoisotopic (exact) mass is 504 g/mol. The first kappa shape index (κ1) is 21.4. The molecule has 3 atom stereocenters. The maximum Gasteiger partial charge on any atom is 0.123 e. The highest BCUT2D eigenvalue weighted by molar-refractivity contribution is 6.25. The lowest BCUT2D eigenvalue weighted by molar-refractivity contribution is 0.135. The molecule has 0 radical (unpaired) electrons. The fourth-order valence-electron chi connectivity index (χ4n) is 7.66. The van der Waals surface area contributed by atoms with Crippen LogP contribution in [-0.4, -0.2) is 15.2 Å². The van der Waals surface area contributed by atoms with E-state index in [1.165, 1.54) is 54.9 Å². The van der Waals surface area contributed by atoms with E-state index in [2.05, 4.69) is 124 Å². The predicted octanol–water partition coefficient (Wildman–Crippen LogP) is 9.16. The number of hydrogen-bond acceptors (Lipinski definition) is 1. The Labute approximate surface area is 226 Å². The molecule has 1 saturated carbocycles. The molecule has 0 bridgehead atoms. The number of benzene rings is 5. The van der Waals surface area contributed by atoms with Gasteiger partial charge < -0.3 is 13.9 Å². The van der Waals surface area contributed by atoms with Crippen LogP contribution in [0.25, 0.3) is 49.3 Å². The van der Waals surface area contributed by atoms with Crippen LogP contribution in [0, 0.1) is 0 Å². The summed E-state index contributed by atoms with van der Waals surface area (Å²) in [4.78, 5) is 0. The zero-order valence-corrected chi connectivity index (χ0v) is 21.6. The number of para-hydroxylation sites is 4. The van der Waals surface area contributed by atoms with Crippen molar-refractivity contribution < 1.29 is 4.74 Å². The molecule has 1 fully saturated rings. The maximum absolute atomic E-state index is 6.57. The van der Waals surface area contributed by atoms with Crippen molar-refractivity contribution in [2.24, 2.45) is 0 Å². The Bertz CT molecular complexity index is 2050. The van der Waals surface area contributed by atoms with E-state index in [1.54, 1.807) is 0 Å². The summed E-state index contributed by atoms with van der Waals surface area (Å²) in [5.74, 6) is 1.59. The Kier molecular flexibility index (Phi) is 4.40. The second kappa shape index (κ2) is 8.00. The molecule has 0 spiro atoms. The summed E-state index contributed by atoms with van der Waals surface area (Å²) in [6, 6.07) is 42.4. The molecule has 3 heterocycles. The third kappa shape index (κ3) is 2.93. The fourth-order valence-corrected chi connectivity index (χ4v) is 7.66. The number of ether oxygens (including phenoxy) is 1. The van der Waals surface area contributed by atoms with Crippen LogP contribution in [0.2, 0.25) is 0 Å². The average molecular weight is 505 g/mol. The smallest absolute Gasteiger partial charge is 0.123 e. The number of nitrogens with zero attached hydrogens (tertiary/aromatic N) is 2. The van der Waals surface area contributed by atoms with Gasteiger partial charge >= 0.3 is 0 Å². The number of hydrogen-bond donors (Lipinski definition) is 0. The fraction of sp³-hybridized carbons (Fsp3) is 0.167. The molecule has 188 valence electrons. The molecule has 0 saturated heterocycles. The van der Waals surface area contributed by atoms with Crippen LogP contribution < -0.4 is 4.74 Å². The summed E-state index contributed by atoms with van der Waals surface area (Å²) >= 11 is 0. The number of rotatable bonds is 2. The average Bonchev–Trinajstić information content (AvgIpc) is 3.64. The van der Waals surface area contributed by atoms with Crippen LogP contribution in [0.15, 0.2) is 115 Å². The standard InChI is InChI=1S/C36H28N2O/c1-2-10-23(11-3-1)37-31-16-8-5-14-29(31)35-32(37)21-20-28-25-12-4-7-15-30(25)38(36(28)35)24-18-19-27-26-13-6-9-17-33(26)39-34(27)22-24/h1-17,20-21,24,27,34H,18-19,22H2. The molecule has 3 heteroatoms. The van der Waals surface area contributed by atoms with Gasteiger partial charge in [0.05, 0.1) is 16.6 Å². The normalized spacial score (nSPS) is 20.5. The van der Waals surface area contributed by atoms with Crippen LogP contribution in [0.1, 0.15) is 36.8 Å². The number of fused-ring (bicyclic) bond motifs is 10. The van der Waals surface area contributed by atoms with Crippen molar-refractivity contribution >= 4 is 43.6 Å². The third-order valence-electron chi connectivity index (χ3n) is 9.25. The van der Waals surface area contributed by atoms with Crippen molar-refractivity contribution in [1.29, 1.82) is 0 Å². The first-order chi connectivity index (χ1) is 19.4. The van der Waals surface area contributed by atoms with E-state index in [0.29, 0.717) is 12.0 Å². The van der Waals surface area contributed by atoms with Crippen molar-refractivity contribution in [2.75, 3.05) is 0 Å². The second-order valence-electron chi connectivity index (χ2n) is 11.2. The lowest BCUT2D eigenvalue weighted by Crippen LogP contribution is -2.29. The molecule has 5 aromatic carbocycles. The Morgan fingerprint density at radius 2 is 1.33 bits per heavy atom. The van der Waals surface area contributed by atoms with Crippen molar-refractivity contribution in [3.63, 3.8) is 0 Å². The van der Waals surface area contributed by atoms with E-state index >= 15 is 0 Å². The molecule has 3 unspecified atom stereocenters. The summed E-state index contributed by atoms with van der Waals surface area (Å²) in [6.07, 6.45) is 3.57. The zero-order chi connectivity index (χ0) is 25.5. The highest BCUT2D eigenvalue weighted by Gasteiger charge is 2.40. The molecule has 2 aromatic heterocycles. The maximum atomic E-state index is 6.57. The van der Waals surface area contributed by atoms with Gasteiger partial charge in [-0.15, -0.1) is 0 Å². The number of aromatic nitrogens is 2. The summed E-state index contributed by atoms with van der Waals surface area (Å²) in [5.41, 5.74) is 7.80. The lowest BCUT2D eigenvalue weighted by atomic mass is 9.80. The van der Waals surface area contributed by atoms with Gasteiger partial charge in [0.1, 0.15) is 11.9 Å². The van der Waals surface area contributed by atoms with Crippen LogP contribution in [-0.2, 0) is 0 Å². The SMILES string of the molecule is c1ccc(-n2c3ccccc3c3c2ccc2c4ccccc4n(C4CCC5c6ccccc6OC5C4)c23)cc1. The summed E-state index contributed by atoms with van der Waals surface area (Å²) in [6.45, 7) is 0. The van der Waals surface area contributed by atoms with Gasteiger partial charge in [-0.25, -0.2) is 0 Å². The quantitative estimate of drug-likeness (QED) is 0.230. The Hall–Kier alpha value is -4.50. The Morgan fingerprint density at radius 3 is 2.23 bits per heavy atom. The first-order valence-electron chi connectivity index (χ1n) is 14.1. The molecule has 7 aromatic rings. The van der Waals surface area contributed by atoms with Crippen molar-refractivity contribution in [3.05, 3.63) is 121 Å². The molecular weight excluding hydrogens is 476 g/mol. The molecule has 9 rings (SSSR count).